The maximum atomic E-state index is 10.1. The van der Waals surface area contributed by atoms with Crippen molar-refractivity contribution >= 4 is 0 Å². The van der Waals surface area contributed by atoms with Crippen molar-refractivity contribution in [2.45, 2.75) is 0 Å². The molecule has 0 spiro atoms. The molecule has 0 unspecified atom stereocenters. The quantitative estimate of drug-likeness (QED) is 0.355. The maximum absolute atomic E-state index is 10.1. The third kappa shape index (κ3) is 2.98. The highest BCUT2D eigenvalue weighted by molar-refractivity contribution is 5.31. The molecule has 12 heavy (non-hydrogen) atoms. The van der Waals surface area contributed by atoms with Crippen LogP contribution in [0.4, 0.5) is 0 Å². The van der Waals surface area contributed by atoms with E-state index in [-0.39, 0.29) is 17.9 Å². The SMILES string of the molecule is C=C(N)/C(=C\C(=C)[N+](=O)[O-])CN. The third-order valence-electron chi connectivity index (χ3n) is 1.21. The first-order chi connectivity index (χ1) is 5.49. The average Bonchev–Trinajstić information content (AvgIpc) is 1.98. The monoisotopic (exact) mass is 169 g/mol. The third-order valence-corrected chi connectivity index (χ3v) is 1.21. The molecule has 66 valence electrons. The van der Waals surface area contributed by atoms with Crippen LogP contribution in [0, 0.1) is 10.1 Å². The van der Waals surface area contributed by atoms with E-state index in [1.807, 2.05) is 0 Å². The molecule has 0 saturated carbocycles. The first kappa shape index (κ1) is 10.4. The van der Waals surface area contributed by atoms with E-state index in [1.165, 1.54) is 6.08 Å². The van der Waals surface area contributed by atoms with Gasteiger partial charge in [-0.05, 0) is 12.2 Å². The fourth-order valence-electron chi connectivity index (χ4n) is 0.537. The van der Waals surface area contributed by atoms with Crippen molar-refractivity contribution in [2.75, 3.05) is 6.54 Å². The van der Waals surface area contributed by atoms with Gasteiger partial charge >= 0.3 is 0 Å². The number of nitro groups is 1. The fourth-order valence-corrected chi connectivity index (χ4v) is 0.537. The van der Waals surface area contributed by atoms with Crippen LogP contribution in [0.25, 0.3) is 0 Å². The van der Waals surface area contributed by atoms with Gasteiger partial charge in [0.15, 0.2) is 0 Å². The van der Waals surface area contributed by atoms with E-state index in [0.717, 1.165) is 0 Å². The van der Waals surface area contributed by atoms with Crippen molar-refractivity contribution < 1.29 is 4.92 Å². The smallest absolute Gasteiger partial charge is 0.262 e. The summed E-state index contributed by atoms with van der Waals surface area (Å²) in [5.74, 6) is 0. The van der Waals surface area contributed by atoms with Crippen LogP contribution in [0.15, 0.2) is 36.2 Å². The summed E-state index contributed by atoms with van der Waals surface area (Å²) in [4.78, 5) is 9.51. The molecule has 0 aliphatic carbocycles. The number of allylic oxidation sites excluding steroid dienone is 1. The van der Waals surface area contributed by atoms with Crippen LogP contribution in [0.5, 0.6) is 0 Å². The van der Waals surface area contributed by atoms with Gasteiger partial charge in [0, 0.05) is 18.3 Å². The summed E-state index contributed by atoms with van der Waals surface area (Å²) in [6.45, 7) is 6.71. The molecular weight excluding hydrogens is 158 g/mol. The van der Waals surface area contributed by atoms with E-state index < -0.39 is 4.92 Å². The molecule has 0 aromatic heterocycles. The van der Waals surface area contributed by atoms with Crippen molar-refractivity contribution in [1.29, 1.82) is 0 Å². The Bertz CT molecular complexity index is 255. The van der Waals surface area contributed by atoms with Gasteiger partial charge in [-0.15, -0.1) is 0 Å². The number of hydrogen-bond donors (Lipinski definition) is 2. The Labute approximate surface area is 70.2 Å². The summed E-state index contributed by atoms with van der Waals surface area (Å²) in [5.41, 5.74) is 10.9. The van der Waals surface area contributed by atoms with Crippen LogP contribution in [0.3, 0.4) is 0 Å². The Hall–Kier alpha value is -1.62. The average molecular weight is 169 g/mol. The lowest BCUT2D eigenvalue weighted by Crippen LogP contribution is -2.11. The van der Waals surface area contributed by atoms with E-state index in [9.17, 15) is 10.1 Å². The molecular formula is C7H11N3O2. The molecule has 0 radical (unpaired) electrons. The van der Waals surface area contributed by atoms with Gasteiger partial charge in [0.25, 0.3) is 5.70 Å². The molecule has 0 aromatic carbocycles. The van der Waals surface area contributed by atoms with Crippen LogP contribution >= 0.6 is 0 Å². The van der Waals surface area contributed by atoms with Crippen molar-refractivity contribution in [3.05, 3.63) is 46.3 Å². The zero-order valence-corrected chi connectivity index (χ0v) is 6.62. The number of nitrogens with two attached hydrogens (primary N) is 2. The van der Waals surface area contributed by atoms with E-state index in [4.69, 9.17) is 11.5 Å². The predicted octanol–water partition coefficient (Wildman–Crippen LogP) is 0.134. The number of rotatable bonds is 4. The van der Waals surface area contributed by atoms with E-state index in [0.29, 0.717) is 5.57 Å². The Balaban J connectivity index is 4.61. The molecule has 0 saturated heterocycles. The minimum Gasteiger partial charge on any atom is -0.399 e. The largest absolute Gasteiger partial charge is 0.399 e. The second-order valence-electron chi connectivity index (χ2n) is 2.15. The van der Waals surface area contributed by atoms with Crippen molar-refractivity contribution in [3.63, 3.8) is 0 Å². The molecule has 0 atom stereocenters. The summed E-state index contributed by atoms with van der Waals surface area (Å²) in [6.07, 6.45) is 1.21. The van der Waals surface area contributed by atoms with Crippen molar-refractivity contribution in [2.24, 2.45) is 11.5 Å². The van der Waals surface area contributed by atoms with Crippen molar-refractivity contribution in [1.82, 2.24) is 0 Å². The molecule has 0 bridgehead atoms. The second kappa shape index (κ2) is 4.30. The molecule has 0 fully saturated rings. The maximum Gasteiger partial charge on any atom is 0.262 e. The zero-order valence-electron chi connectivity index (χ0n) is 6.62. The van der Waals surface area contributed by atoms with E-state index in [1.54, 1.807) is 0 Å². The Morgan fingerprint density at radius 1 is 1.58 bits per heavy atom. The molecule has 4 N–H and O–H groups in total. The highest BCUT2D eigenvalue weighted by Crippen LogP contribution is 2.04. The van der Waals surface area contributed by atoms with Gasteiger partial charge in [-0.3, -0.25) is 10.1 Å². The summed E-state index contributed by atoms with van der Waals surface area (Å²) in [7, 11) is 0. The minimum absolute atomic E-state index is 0.113. The van der Waals surface area contributed by atoms with Crippen LogP contribution in [0.1, 0.15) is 0 Å². The summed E-state index contributed by atoms with van der Waals surface area (Å²) < 4.78 is 0. The van der Waals surface area contributed by atoms with Crippen LogP contribution < -0.4 is 11.5 Å². The van der Waals surface area contributed by atoms with E-state index >= 15 is 0 Å². The molecule has 5 nitrogen and oxygen atoms in total. The van der Waals surface area contributed by atoms with E-state index in [2.05, 4.69) is 13.2 Å². The van der Waals surface area contributed by atoms with Gasteiger partial charge in [-0.1, -0.05) is 6.58 Å². The highest BCUT2D eigenvalue weighted by Gasteiger charge is 2.04. The summed E-state index contributed by atoms with van der Waals surface area (Å²) in [5, 5.41) is 10.1. The van der Waals surface area contributed by atoms with Crippen LogP contribution in [0.2, 0.25) is 0 Å². The molecule has 0 amide bonds. The van der Waals surface area contributed by atoms with Gasteiger partial charge in [-0.25, -0.2) is 0 Å². The lowest BCUT2D eigenvalue weighted by atomic mass is 10.2. The molecule has 0 heterocycles. The first-order valence-electron chi connectivity index (χ1n) is 3.17. The molecule has 0 aliphatic rings. The Kier molecular flexibility index (Phi) is 3.72. The Morgan fingerprint density at radius 2 is 2.08 bits per heavy atom. The molecule has 0 aromatic rings. The molecule has 0 aliphatic heterocycles. The lowest BCUT2D eigenvalue weighted by Gasteiger charge is -2.00. The fraction of sp³-hybridized carbons (Fsp3) is 0.143. The normalized spacial score (nSPS) is 10.9. The van der Waals surface area contributed by atoms with Crippen LogP contribution in [-0.4, -0.2) is 11.5 Å². The van der Waals surface area contributed by atoms with Gasteiger partial charge in [0.05, 0.1) is 4.92 Å². The number of hydrogen-bond acceptors (Lipinski definition) is 4. The summed E-state index contributed by atoms with van der Waals surface area (Å²) in [6, 6.07) is 0. The lowest BCUT2D eigenvalue weighted by molar-refractivity contribution is -0.418. The predicted molar refractivity (Wildman–Crippen MR) is 46.6 cm³/mol. The molecule has 5 heteroatoms. The second-order valence-corrected chi connectivity index (χ2v) is 2.15. The van der Waals surface area contributed by atoms with Crippen LogP contribution in [-0.2, 0) is 0 Å². The van der Waals surface area contributed by atoms with Gasteiger partial charge in [0.1, 0.15) is 0 Å². The van der Waals surface area contributed by atoms with Crippen molar-refractivity contribution in [3.8, 4) is 0 Å². The minimum atomic E-state index is -0.612. The standard InChI is InChI=1S/C7H11N3O2/c1-5(10(11)12)3-7(4-8)6(2)9/h3H,1-2,4,8-9H2/b7-3-. The van der Waals surface area contributed by atoms with Gasteiger partial charge < -0.3 is 11.5 Å². The zero-order chi connectivity index (χ0) is 9.72. The Morgan fingerprint density at radius 3 is 2.33 bits per heavy atom. The number of nitrogens with zero attached hydrogens (tertiary/aromatic N) is 1. The highest BCUT2D eigenvalue weighted by atomic mass is 16.6. The summed E-state index contributed by atoms with van der Waals surface area (Å²) >= 11 is 0. The molecule has 0 rings (SSSR count). The first-order valence-corrected chi connectivity index (χ1v) is 3.17. The van der Waals surface area contributed by atoms with Gasteiger partial charge in [0.2, 0.25) is 0 Å². The topological polar surface area (TPSA) is 95.2 Å². The van der Waals surface area contributed by atoms with Gasteiger partial charge in [-0.2, -0.15) is 0 Å².